The Balaban J connectivity index is 1.58. The Hall–Kier alpha value is -0.160. The third-order valence-corrected chi connectivity index (χ3v) is 2.83. The van der Waals surface area contributed by atoms with Crippen LogP contribution in [0.2, 0.25) is 0 Å². The second-order valence-electron chi connectivity index (χ2n) is 4.89. The fourth-order valence-electron chi connectivity index (χ4n) is 1.78. The van der Waals surface area contributed by atoms with Gasteiger partial charge >= 0.3 is 0 Å². The normalized spacial score (nSPS) is 31.8. The molecule has 1 saturated heterocycles. The molecular weight excluding hydrogens is 196 g/mol. The van der Waals surface area contributed by atoms with E-state index in [0.29, 0.717) is 25.7 Å². The molecule has 1 aliphatic heterocycles. The Kier molecular flexibility index (Phi) is 3.30. The standard InChI is InChI=1S/C11H20O4/c1-11(2)14-6-9(15-11)5-13-7-10(12)8-3-4-8/h8-10,12H,3-7H2,1-2H3. The summed E-state index contributed by atoms with van der Waals surface area (Å²) in [4.78, 5) is 0. The van der Waals surface area contributed by atoms with Crippen LogP contribution in [0.25, 0.3) is 0 Å². The molecule has 0 amide bonds. The number of aliphatic hydroxyl groups excluding tert-OH is 1. The quantitative estimate of drug-likeness (QED) is 0.742. The first-order valence-corrected chi connectivity index (χ1v) is 5.64. The summed E-state index contributed by atoms with van der Waals surface area (Å²) < 4.78 is 16.4. The monoisotopic (exact) mass is 216 g/mol. The Morgan fingerprint density at radius 2 is 2.20 bits per heavy atom. The SMILES string of the molecule is CC1(C)OCC(COCC(O)C2CC2)O1. The third-order valence-electron chi connectivity index (χ3n) is 2.83. The van der Waals surface area contributed by atoms with Gasteiger partial charge in [-0.3, -0.25) is 0 Å². The maximum absolute atomic E-state index is 9.57. The van der Waals surface area contributed by atoms with Gasteiger partial charge in [-0.05, 0) is 32.6 Å². The molecule has 1 saturated carbocycles. The van der Waals surface area contributed by atoms with E-state index < -0.39 is 5.79 Å². The van der Waals surface area contributed by atoms with Gasteiger partial charge in [0.25, 0.3) is 0 Å². The summed E-state index contributed by atoms with van der Waals surface area (Å²) in [5.74, 6) is -0.00875. The highest BCUT2D eigenvalue weighted by Crippen LogP contribution is 2.32. The summed E-state index contributed by atoms with van der Waals surface area (Å²) in [7, 11) is 0. The highest BCUT2D eigenvalue weighted by molar-refractivity contribution is 4.80. The minimum Gasteiger partial charge on any atom is -0.390 e. The maximum Gasteiger partial charge on any atom is 0.163 e. The van der Waals surface area contributed by atoms with E-state index in [0.717, 1.165) is 12.8 Å². The lowest BCUT2D eigenvalue weighted by Gasteiger charge is -2.17. The second-order valence-corrected chi connectivity index (χ2v) is 4.89. The molecule has 1 aliphatic carbocycles. The molecule has 4 heteroatoms. The molecule has 0 aromatic heterocycles. The Morgan fingerprint density at radius 3 is 2.73 bits per heavy atom. The number of ether oxygens (including phenoxy) is 3. The first-order valence-electron chi connectivity index (χ1n) is 5.64. The van der Waals surface area contributed by atoms with Crippen LogP contribution in [0, 0.1) is 5.92 Å². The Labute approximate surface area is 90.5 Å². The van der Waals surface area contributed by atoms with Crippen LogP contribution in [0.1, 0.15) is 26.7 Å². The molecule has 0 aromatic rings. The van der Waals surface area contributed by atoms with Gasteiger partial charge in [-0.25, -0.2) is 0 Å². The Morgan fingerprint density at radius 1 is 1.47 bits per heavy atom. The van der Waals surface area contributed by atoms with Crippen molar-refractivity contribution in [1.29, 1.82) is 0 Å². The van der Waals surface area contributed by atoms with Gasteiger partial charge in [-0.1, -0.05) is 0 Å². The molecule has 1 N–H and O–H groups in total. The van der Waals surface area contributed by atoms with Gasteiger partial charge in [0.1, 0.15) is 6.10 Å². The van der Waals surface area contributed by atoms with Crippen LogP contribution in [-0.2, 0) is 14.2 Å². The van der Waals surface area contributed by atoms with Gasteiger partial charge in [-0.2, -0.15) is 0 Å². The molecule has 2 atom stereocenters. The second kappa shape index (κ2) is 4.37. The zero-order valence-corrected chi connectivity index (χ0v) is 9.44. The molecule has 0 radical (unpaired) electrons. The van der Waals surface area contributed by atoms with Crippen LogP contribution in [0.4, 0.5) is 0 Å². The number of aliphatic hydroxyl groups is 1. The first kappa shape index (κ1) is 11.3. The van der Waals surface area contributed by atoms with Crippen molar-refractivity contribution >= 4 is 0 Å². The predicted octanol–water partition coefficient (Wildman–Crippen LogP) is 0.925. The van der Waals surface area contributed by atoms with Crippen molar-refractivity contribution in [2.45, 2.75) is 44.7 Å². The largest absolute Gasteiger partial charge is 0.390 e. The van der Waals surface area contributed by atoms with Crippen molar-refractivity contribution < 1.29 is 19.3 Å². The summed E-state index contributed by atoms with van der Waals surface area (Å²) in [5.41, 5.74) is 0. The third kappa shape index (κ3) is 3.41. The van der Waals surface area contributed by atoms with Crippen molar-refractivity contribution in [3.8, 4) is 0 Å². The van der Waals surface area contributed by atoms with E-state index in [1.807, 2.05) is 13.8 Å². The molecule has 2 aliphatic rings. The number of rotatable bonds is 5. The lowest BCUT2D eigenvalue weighted by Crippen LogP contribution is -2.26. The minimum atomic E-state index is -0.483. The van der Waals surface area contributed by atoms with Gasteiger partial charge < -0.3 is 19.3 Å². The van der Waals surface area contributed by atoms with E-state index in [9.17, 15) is 5.11 Å². The van der Waals surface area contributed by atoms with Crippen molar-refractivity contribution in [3.05, 3.63) is 0 Å². The molecule has 2 fully saturated rings. The fraction of sp³-hybridized carbons (Fsp3) is 1.00. The lowest BCUT2D eigenvalue weighted by molar-refractivity contribution is -0.146. The van der Waals surface area contributed by atoms with Gasteiger partial charge in [0.05, 0.1) is 25.9 Å². The average molecular weight is 216 g/mol. The molecule has 4 nitrogen and oxygen atoms in total. The van der Waals surface area contributed by atoms with E-state index in [1.165, 1.54) is 0 Å². The summed E-state index contributed by atoms with van der Waals surface area (Å²) in [6.45, 7) is 5.29. The van der Waals surface area contributed by atoms with Crippen LogP contribution >= 0.6 is 0 Å². The van der Waals surface area contributed by atoms with Crippen LogP contribution in [0.15, 0.2) is 0 Å². The van der Waals surface area contributed by atoms with Gasteiger partial charge in [0, 0.05) is 0 Å². The highest BCUT2D eigenvalue weighted by atomic mass is 16.7. The molecule has 2 unspecified atom stereocenters. The molecule has 88 valence electrons. The fourth-order valence-corrected chi connectivity index (χ4v) is 1.78. The molecule has 1 heterocycles. The number of hydrogen-bond donors (Lipinski definition) is 1. The Bertz CT molecular complexity index is 213. The first-order chi connectivity index (χ1) is 7.07. The van der Waals surface area contributed by atoms with Crippen LogP contribution in [0.3, 0.4) is 0 Å². The zero-order valence-electron chi connectivity index (χ0n) is 9.44. The van der Waals surface area contributed by atoms with Gasteiger partial charge in [0.2, 0.25) is 0 Å². The van der Waals surface area contributed by atoms with Crippen molar-refractivity contribution in [2.75, 3.05) is 19.8 Å². The van der Waals surface area contributed by atoms with E-state index in [2.05, 4.69) is 0 Å². The molecule has 2 rings (SSSR count). The molecule has 0 bridgehead atoms. The van der Waals surface area contributed by atoms with Crippen molar-refractivity contribution in [3.63, 3.8) is 0 Å². The zero-order chi connectivity index (χ0) is 10.9. The van der Waals surface area contributed by atoms with E-state index in [4.69, 9.17) is 14.2 Å². The van der Waals surface area contributed by atoms with Crippen LogP contribution < -0.4 is 0 Å². The van der Waals surface area contributed by atoms with Crippen molar-refractivity contribution in [2.24, 2.45) is 5.92 Å². The number of hydrogen-bond acceptors (Lipinski definition) is 4. The molecule has 0 spiro atoms. The van der Waals surface area contributed by atoms with E-state index >= 15 is 0 Å². The van der Waals surface area contributed by atoms with Gasteiger partial charge in [0.15, 0.2) is 5.79 Å². The van der Waals surface area contributed by atoms with Gasteiger partial charge in [-0.15, -0.1) is 0 Å². The maximum atomic E-state index is 9.57. The molecular formula is C11H20O4. The predicted molar refractivity (Wildman–Crippen MR) is 54.5 cm³/mol. The van der Waals surface area contributed by atoms with Crippen LogP contribution in [-0.4, -0.2) is 42.9 Å². The average Bonchev–Trinajstić information content (AvgIpc) is 2.92. The smallest absolute Gasteiger partial charge is 0.163 e. The lowest BCUT2D eigenvalue weighted by atomic mass is 10.2. The van der Waals surface area contributed by atoms with Crippen molar-refractivity contribution in [1.82, 2.24) is 0 Å². The summed E-state index contributed by atoms with van der Waals surface area (Å²) in [6, 6.07) is 0. The molecule has 0 aromatic carbocycles. The van der Waals surface area contributed by atoms with E-state index in [1.54, 1.807) is 0 Å². The summed E-state index contributed by atoms with van der Waals surface area (Å²) >= 11 is 0. The van der Waals surface area contributed by atoms with E-state index in [-0.39, 0.29) is 12.2 Å². The summed E-state index contributed by atoms with van der Waals surface area (Å²) in [6.07, 6.45) is 1.99. The molecule has 15 heavy (non-hydrogen) atoms. The summed E-state index contributed by atoms with van der Waals surface area (Å²) in [5, 5.41) is 9.57. The highest BCUT2D eigenvalue weighted by Gasteiger charge is 2.33. The minimum absolute atomic E-state index is 0.00593. The topological polar surface area (TPSA) is 47.9 Å². The van der Waals surface area contributed by atoms with Crippen LogP contribution in [0.5, 0.6) is 0 Å².